The zero-order valence-electron chi connectivity index (χ0n) is 11.8. The number of rotatable bonds is 7. The lowest BCUT2D eigenvalue weighted by molar-refractivity contribution is 0.560. The monoisotopic (exact) mass is 316 g/mol. The van der Waals surface area contributed by atoms with Gasteiger partial charge in [-0.15, -0.1) is 0 Å². The Labute approximate surface area is 126 Å². The van der Waals surface area contributed by atoms with Crippen molar-refractivity contribution in [2.75, 3.05) is 6.54 Å². The summed E-state index contributed by atoms with van der Waals surface area (Å²) in [6.07, 6.45) is 2.42. The largest absolute Gasteiger partial charge is 0.310 e. The third kappa shape index (κ3) is 4.45. The van der Waals surface area contributed by atoms with E-state index in [9.17, 15) is 8.42 Å². The molecule has 1 saturated carbocycles. The molecule has 0 heterocycles. The highest BCUT2D eigenvalue weighted by Crippen LogP contribution is 2.23. The summed E-state index contributed by atoms with van der Waals surface area (Å²) in [4.78, 5) is 0.221. The molecule has 6 heteroatoms. The molecule has 0 aliphatic heterocycles. The molecule has 112 valence electrons. The summed E-state index contributed by atoms with van der Waals surface area (Å²) in [5.74, 6) is 0.266. The Kier molecular flexibility index (Phi) is 5.07. The number of hydrogen-bond acceptors (Lipinski definition) is 3. The molecule has 1 aliphatic rings. The van der Waals surface area contributed by atoms with Crippen LogP contribution in [0.1, 0.15) is 32.3 Å². The highest BCUT2D eigenvalue weighted by atomic mass is 35.5. The lowest BCUT2D eigenvalue weighted by Gasteiger charge is -2.11. The van der Waals surface area contributed by atoms with Crippen molar-refractivity contribution in [1.29, 1.82) is 0 Å². The van der Waals surface area contributed by atoms with Crippen LogP contribution in [0.4, 0.5) is 0 Å². The number of nitrogens with one attached hydrogen (secondary N) is 2. The van der Waals surface area contributed by atoms with Crippen LogP contribution in [0.25, 0.3) is 0 Å². The van der Waals surface area contributed by atoms with Crippen LogP contribution in [-0.2, 0) is 16.6 Å². The van der Waals surface area contributed by atoms with Gasteiger partial charge in [0, 0.05) is 24.2 Å². The van der Waals surface area contributed by atoms with Crippen molar-refractivity contribution in [3.63, 3.8) is 0 Å². The molecular weight excluding hydrogens is 296 g/mol. The van der Waals surface area contributed by atoms with Crippen LogP contribution in [0, 0.1) is 5.92 Å². The van der Waals surface area contributed by atoms with Gasteiger partial charge in [0.2, 0.25) is 10.0 Å². The summed E-state index contributed by atoms with van der Waals surface area (Å²) in [6.45, 7) is 5.03. The topological polar surface area (TPSA) is 58.2 Å². The van der Waals surface area contributed by atoms with Crippen LogP contribution >= 0.6 is 11.6 Å². The van der Waals surface area contributed by atoms with Crippen LogP contribution in [0.3, 0.4) is 0 Å². The standard InChI is InChI=1S/C14H21ClN2O2S/c1-10(2)8-17-20(18,19)13-6-3-11(14(15)7-13)9-16-12-4-5-12/h3,6-7,10,12,16-17H,4-5,8-9H2,1-2H3. The molecule has 0 amide bonds. The lowest BCUT2D eigenvalue weighted by atomic mass is 10.2. The van der Waals surface area contributed by atoms with Crippen LogP contribution in [0.2, 0.25) is 5.02 Å². The number of sulfonamides is 1. The fraction of sp³-hybridized carbons (Fsp3) is 0.571. The molecule has 0 unspecified atom stereocenters. The Morgan fingerprint density at radius 2 is 2.05 bits per heavy atom. The molecule has 0 spiro atoms. The predicted molar refractivity (Wildman–Crippen MR) is 81.3 cm³/mol. The summed E-state index contributed by atoms with van der Waals surface area (Å²) in [6, 6.07) is 5.51. The highest BCUT2D eigenvalue weighted by molar-refractivity contribution is 7.89. The Balaban J connectivity index is 2.06. The van der Waals surface area contributed by atoms with Crippen molar-refractivity contribution < 1.29 is 8.42 Å². The molecule has 0 saturated heterocycles. The maximum absolute atomic E-state index is 12.1. The molecule has 4 nitrogen and oxygen atoms in total. The fourth-order valence-corrected chi connectivity index (χ4v) is 3.29. The van der Waals surface area contributed by atoms with Crippen LogP contribution in [0.5, 0.6) is 0 Å². The minimum Gasteiger partial charge on any atom is -0.310 e. The molecule has 1 aromatic carbocycles. The Hall–Kier alpha value is -0.620. The average Bonchev–Trinajstić information content (AvgIpc) is 3.19. The van der Waals surface area contributed by atoms with E-state index in [-0.39, 0.29) is 10.8 Å². The first-order valence-corrected chi connectivity index (χ1v) is 8.76. The van der Waals surface area contributed by atoms with Crippen LogP contribution in [0.15, 0.2) is 23.1 Å². The molecule has 2 rings (SSSR count). The van der Waals surface area contributed by atoms with Gasteiger partial charge in [0.1, 0.15) is 0 Å². The van der Waals surface area contributed by atoms with Gasteiger partial charge in [-0.05, 0) is 36.5 Å². The van der Waals surface area contributed by atoms with Crippen molar-refractivity contribution in [3.05, 3.63) is 28.8 Å². The van der Waals surface area contributed by atoms with E-state index in [0.717, 1.165) is 5.56 Å². The molecule has 0 atom stereocenters. The van der Waals surface area contributed by atoms with Gasteiger partial charge in [0.15, 0.2) is 0 Å². The SMILES string of the molecule is CC(C)CNS(=O)(=O)c1ccc(CNC2CC2)c(Cl)c1. The van der Waals surface area contributed by atoms with Gasteiger partial charge in [0.25, 0.3) is 0 Å². The zero-order valence-corrected chi connectivity index (χ0v) is 13.4. The first kappa shape index (κ1) is 15.8. The molecule has 20 heavy (non-hydrogen) atoms. The van der Waals surface area contributed by atoms with Crippen molar-refractivity contribution in [1.82, 2.24) is 10.0 Å². The lowest BCUT2D eigenvalue weighted by Crippen LogP contribution is -2.27. The van der Waals surface area contributed by atoms with E-state index in [1.807, 2.05) is 13.8 Å². The van der Waals surface area contributed by atoms with Gasteiger partial charge in [-0.1, -0.05) is 31.5 Å². The minimum absolute atomic E-state index is 0.221. The van der Waals surface area contributed by atoms with Crippen molar-refractivity contribution in [2.45, 2.75) is 44.2 Å². The van der Waals surface area contributed by atoms with Gasteiger partial charge >= 0.3 is 0 Å². The maximum Gasteiger partial charge on any atom is 0.240 e. The van der Waals surface area contributed by atoms with Gasteiger partial charge in [-0.3, -0.25) is 0 Å². The first-order valence-electron chi connectivity index (χ1n) is 6.90. The third-order valence-electron chi connectivity index (χ3n) is 3.17. The third-order valence-corrected chi connectivity index (χ3v) is 4.95. The summed E-state index contributed by atoms with van der Waals surface area (Å²) in [5, 5.41) is 3.85. The van der Waals surface area contributed by atoms with E-state index in [1.54, 1.807) is 12.1 Å². The van der Waals surface area contributed by atoms with E-state index < -0.39 is 10.0 Å². The van der Waals surface area contributed by atoms with Gasteiger partial charge < -0.3 is 5.32 Å². The summed E-state index contributed by atoms with van der Waals surface area (Å²) in [5.41, 5.74) is 0.932. The van der Waals surface area contributed by atoms with E-state index in [4.69, 9.17) is 11.6 Å². The second kappa shape index (κ2) is 6.43. The molecule has 1 fully saturated rings. The Bertz CT molecular complexity index is 569. The van der Waals surface area contributed by atoms with E-state index in [0.29, 0.717) is 24.2 Å². The summed E-state index contributed by atoms with van der Waals surface area (Å²) < 4.78 is 26.8. The second-order valence-corrected chi connectivity index (χ2v) is 7.83. The molecular formula is C14H21ClN2O2S. The number of hydrogen-bond donors (Lipinski definition) is 2. The molecule has 2 N–H and O–H groups in total. The van der Waals surface area contributed by atoms with E-state index in [1.165, 1.54) is 18.9 Å². The van der Waals surface area contributed by atoms with Crippen LogP contribution in [-0.4, -0.2) is 21.0 Å². The highest BCUT2D eigenvalue weighted by Gasteiger charge is 2.21. The van der Waals surface area contributed by atoms with Gasteiger partial charge in [-0.2, -0.15) is 0 Å². The summed E-state index contributed by atoms with van der Waals surface area (Å²) >= 11 is 6.17. The van der Waals surface area contributed by atoms with Crippen molar-refractivity contribution >= 4 is 21.6 Å². The molecule has 0 bridgehead atoms. The second-order valence-electron chi connectivity index (χ2n) is 5.65. The number of benzene rings is 1. The van der Waals surface area contributed by atoms with Crippen LogP contribution < -0.4 is 10.0 Å². The van der Waals surface area contributed by atoms with Crippen molar-refractivity contribution in [2.24, 2.45) is 5.92 Å². The zero-order chi connectivity index (χ0) is 14.8. The molecule has 0 aromatic heterocycles. The molecule has 1 aliphatic carbocycles. The predicted octanol–water partition coefficient (Wildman–Crippen LogP) is 2.53. The maximum atomic E-state index is 12.1. The first-order chi connectivity index (χ1) is 9.38. The van der Waals surface area contributed by atoms with Crippen molar-refractivity contribution in [3.8, 4) is 0 Å². The smallest absolute Gasteiger partial charge is 0.240 e. The van der Waals surface area contributed by atoms with Gasteiger partial charge in [-0.25, -0.2) is 13.1 Å². The normalized spacial score (nSPS) is 15.8. The number of halogens is 1. The Morgan fingerprint density at radius 1 is 1.35 bits per heavy atom. The fourth-order valence-electron chi connectivity index (χ4n) is 1.74. The minimum atomic E-state index is -3.47. The van der Waals surface area contributed by atoms with Gasteiger partial charge in [0.05, 0.1) is 4.90 Å². The van der Waals surface area contributed by atoms with E-state index in [2.05, 4.69) is 10.0 Å². The Morgan fingerprint density at radius 3 is 2.60 bits per heavy atom. The average molecular weight is 317 g/mol. The quantitative estimate of drug-likeness (QED) is 0.812. The van der Waals surface area contributed by atoms with E-state index >= 15 is 0 Å². The summed E-state index contributed by atoms with van der Waals surface area (Å²) in [7, 11) is -3.47. The molecule has 0 radical (unpaired) electrons. The molecule has 1 aromatic rings.